The van der Waals surface area contributed by atoms with Gasteiger partial charge in [0.25, 0.3) is 0 Å². The molecule has 2 heterocycles. The summed E-state index contributed by atoms with van der Waals surface area (Å²) in [4.78, 5) is 0. The van der Waals surface area contributed by atoms with E-state index in [-0.39, 0.29) is 0 Å². The van der Waals surface area contributed by atoms with Gasteiger partial charge in [0.05, 0.1) is 22.1 Å². The lowest BCUT2D eigenvalue weighted by atomic mass is 9.79. The number of nitrogens with zero attached hydrogens (tertiary/aromatic N) is 2. The van der Waals surface area contributed by atoms with Crippen LogP contribution in [0.2, 0.25) is 0 Å². The molecule has 1 N–H and O–H groups in total. The van der Waals surface area contributed by atoms with Gasteiger partial charge in [-0.15, -0.1) is 0 Å². The van der Waals surface area contributed by atoms with E-state index in [9.17, 15) is 5.11 Å². The second-order valence-corrected chi connectivity index (χ2v) is 11.9. The van der Waals surface area contributed by atoms with Crippen molar-refractivity contribution in [3.63, 3.8) is 0 Å². The molecule has 0 fully saturated rings. The molecule has 9 aromatic rings. The summed E-state index contributed by atoms with van der Waals surface area (Å²) in [5, 5.41) is 17.6. The van der Waals surface area contributed by atoms with Crippen LogP contribution in [0.15, 0.2) is 176 Å². The molecule has 0 aliphatic carbocycles. The van der Waals surface area contributed by atoms with Crippen molar-refractivity contribution < 1.29 is 5.11 Å². The maximum absolute atomic E-state index is 13.1. The molecule has 0 aliphatic heterocycles. The third kappa shape index (κ3) is 3.89. The van der Waals surface area contributed by atoms with Crippen LogP contribution in [0.5, 0.6) is 0 Å². The number of para-hydroxylation sites is 4. The number of benzene rings is 7. The molecule has 9 rings (SSSR count). The van der Waals surface area contributed by atoms with E-state index in [1.165, 1.54) is 0 Å². The molecular formula is C43H30N2O. The Kier molecular flexibility index (Phi) is 5.95. The second-order valence-electron chi connectivity index (χ2n) is 11.9. The van der Waals surface area contributed by atoms with Crippen molar-refractivity contribution in [2.75, 3.05) is 0 Å². The van der Waals surface area contributed by atoms with Gasteiger partial charge in [0, 0.05) is 32.9 Å². The number of hydrogen-bond acceptors (Lipinski definition) is 1. The number of rotatable bonds is 5. The number of fused-ring (bicyclic) bond motifs is 6. The minimum atomic E-state index is -1.39. The van der Waals surface area contributed by atoms with Crippen molar-refractivity contribution >= 4 is 43.6 Å². The Labute approximate surface area is 266 Å². The maximum atomic E-state index is 13.1. The molecule has 0 saturated heterocycles. The van der Waals surface area contributed by atoms with Crippen LogP contribution in [-0.4, -0.2) is 14.2 Å². The predicted octanol–water partition coefficient (Wildman–Crippen LogP) is 10.2. The summed E-state index contributed by atoms with van der Waals surface area (Å²) < 4.78 is 4.61. The molecule has 0 unspecified atom stereocenters. The van der Waals surface area contributed by atoms with E-state index in [1.807, 2.05) is 42.5 Å². The van der Waals surface area contributed by atoms with E-state index in [0.717, 1.165) is 71.7 Å². The Morgan fingerprint density at radius 1 is 0.326 bits per heavy atom. The first kappa shape index (κ1) is 26.5. The summed E-state index contributed by atoms with van der Waals surface area (Å²) in [6.45, 7) is 0. The molecule has 46 heavy (non-hydrogen) atoms. The first-order chi connectivity index (χ1) is 22.7. The first-order valence-corrected chi connectivity index (χ1v) is 15.7. The quantitative estimate of drug-likeness (QED) is 0.199. The normalized spacial score (nSPS) is 12.0. The van der Waals surface area contributed by atoms with Crippen molar-refractivity contribution in [3.05, 3.63) is 193 Å². The van der Waals surface area contributed by atoms with Crippen LogP contribution in [0.1, 0.15) is 16.7 Å². The number of aliphatic hydroxyl groups is 1. The van der Waals surface area contributed by atoms with Crippen LogP contribution in [-0.2, 0) is 5.60 Å². The van der Waals surface area contributed by atoms with E-state index < -0.39 is 5.60 Å². The minimum absolute atomic E-state index is 0.826. The highest BCUT2D eigenvalue weighted by atomic mass is 16.3. The van der Waals surface area contributed by atoms with Crippen LogP contribution in [0.4, 0.5) is 0 Å². The van der Waals surface area contributed by atoms with Gasteiger partial charge in [-0.05, 0) is 77.4 Å². The summed E-state index contributed by atoms with van der Waals surface area (Å²) in [5.74, 6) is 0. The molecule has 0 spiro atoms. The fraction of sp³-hybridized carbons (Fsp3) is 0.0233. The van der Waals surface area contributed by atoms with Gasteiger partial charge in [0.15, 0.2) is 0 Å². The molecule has 7 aromatic carbocycles. The van der Waals surface area contributed by atoms with Gasteiger partial charge in [-0.3, -0.25) is 0 Å². The van der Waals surface area contributed by atoms with Crippen LogP contribution in [0.3, 0.4) is 0 Å². The predicted molar refractivity (Wildman–Crippen MR) is 190 cm³/mol. The van der Waals surface area contributed by atoms with E-state index in [1.54, 1.807) is 0 Å². The van der Waals surface area contributed by atoms with Crippen molar-refractivity contribution in [2.45, 2.75) is 5.60 Å². The van der Waals surface area contributed by atoms with Crippen LogP contribution in [0.25, 0.3) is 55.0 Å². The Morgan fingerprint density at radius 3 is 1.15 bits per heavy atom. The number of hydrogen-bond donors (Lipinski definition) is 1. The van der Waals surface area contributed by atoms with Crippen molar-refractivity contribution in [1.29, 1.82) is 0 Å². The average molecular weight is 591 g/mol. The van der Waals surface area contributed by atoms with E-state index >= 15 is 0 Å². The lowest BCUT2D eigenvalue weighted by Crippen LogP contribution is -2.28. The van der Waals surface area contributed by atoms with Gasteiger partial charge in [-0.1, -0.05) is 115 Å². The van der Waals surface area contributed by atoms with Gasteiger partial charge in [0.2, 0.25) is 0 Å². The Hall–Kier alpha value is -5.90. The topological polar surface area (TPSA) is 30.1 Å². The summed E-state index contributed by atoms with van der Waals surface area (Å²) >= 11 is 0. The van der Waals surface area contributed by atoms with Gasteiger partial charge >= 0.3 is 0 Å². The van der Waals surface area contributed by atoms with Gasteiger partial charge in [-0.25, -0.2) is 0 Å². The van der Waals surface area contributed by atoms with E-state index in [2.05, 4.69) is 143 Å². The molecule has 0 bridgehead atoms. The number of aromatic nitrogens is 2. The zero-order valence-electron chi connectivity index (χ0n) is 25.1. The lowest BCUT2D eigenvalue weighted by Gasteiger charge is -2.30. The molecule has 0 atom stereocenters. The standard InChI is InChI=1S/C43H30N2O/c46-43(30-14-4-1-5-15-30,31-24-26-41-37(28-31)35-20-10-12-22-39(35)44(41)33-16-6-2-7-17-33)32-25-27-42-38(29-32)36-21-11-13-23-40(36)45(42)34-18-8-3-9-19-34/h1-29,46H. The lowest BCUT2D eigenvalue weighted by molar-refractivity contribution is 0.126. The van der Waals surface area contributed by atoms with Crippen molar-refractivity contribution in [1.82, 2.24) is 9.13 Å². The Balaban J connectivity index is 1.32. The molecule has 0 radical (unpaired) electrons. The SMILES string of the molecule is OC(c1ccccc1)(c1ccc2c(c1)c1ccccc1n2-c1ccccc1)c1ccc2c(c1)c1ccccc1n2-c1ccccc1. The maximum Gasteiger partial charge on any atom is 0.140 e. The highest BCUT2D eigenvalue weighted by Gasteiger charge is 2.35. The van der Waals surface area contributed by atoms with Crippen molar-refractivity contribution in [2.24, 2.45) is 0 Å². The summed E-state index contributed by atoms with van der Waals surface area (Å²) in [7, 11) is 0. The zero-order valence-corrected chi connectivity index (χ0v) is 25.1. The molecular weight excluding hydrogens is 560 g/mol. The fourth-order valence-corrected chi connectivity index (χ4v) is 7.29. The Bertz CT molecular complexity index is 2370. The molecule has 3 nitrogen and oxygen atoms in total. The smallest absolute Gasteiger partial charge is 0.140 e. The molecule has 2 aromatic heterocycles. The third-order valence-corrected chi connectivity index (χ3v) is 9.40. The second kappa shape index (κ2) is 10.3. The largest absolute Gasteiger partial charge is 0.376 e. The van der Waals surface area contributed by atoms with E-state index in [0.29, 0.717) is 0 Å². The van der Waals surface area contributed by atoms with Crippen LogP contribution < -0.4 is 0 Å². The average Bonchev–Trinajstić information content (AvgIpc) is 3.64. The highest BCUT2D eigenvalue weighted by Crippen LogP contribution is 2.42. The van der Waals surface area contributed by atoms with E-state index in [4.69, 9.17) is 0 Å². The third-order valence-electron chi connectivity index (χ3n) is 9.40. The molecule has 218 valence electrons. The Morgan fingerprint density at radius 2 is 0.696 bits per heavy atom. The van der Waals surface area contributed by atoms with Crippen LogP contribution >= 0.6 is 0 Å². The zero-order chi connectivity index (χ0) is 30.7. The van der Waals surface area contributed by atoms with Crippen LogP contribution in [0, 0.1) is 0 Å². The fourth-order valence-electron chi connectivity index (χ4n) is 7.29. The highest BCUT2D eigenvalue weighted by molar-refractivity contribution is 6.11. The van der Waals surface area contributed by atoms with Gasteiger partial charge < -0.3 is 14.2 Å². The monoisotopic (exact) mass is 590 g/mol. The summed E-state index contributed by atoms with van der Waals surface area (Å²) in [6, 6.07) is 60.9. The molecule has 0 saturated carbocycles. The summed E-state index contributed by atoms with van der Waals surface area (Å²) in [6.07, 6.45) is 0. The molecule has 0 amide bonds. The molecule has 3 heteroatoms. The minimum Gasteiger partial charge on any atom is -0.376 e. The summed E-state index contributed by atoms with van der Waals surface area (Å²) in [5.41, 5.74) is 7.79. The van der Waals surface area contributed by atoms with Gasteiger partial charge in [-0.2, -0.15) is 0 Å². The first-order valence-electron chi connectivity index (χ1n) is 15.7. The van der Waals surface area contributed by atoms with Crippen molar-refractivity contribution in [3.8, 4) is 11.4 Å². The van der Waals surface area contributed by atoms with Gasteiger partial charge in [0.1, 0.15) is 5.60 Å². The molecule has 0 aliphatic rings.